The Morgan fingerprint density at radius 3 is 1.52 bits per heavy atom. The largest absolute Gasteiger partial charge is 0.453 e. The van der Waals surface area contributed by atoms with Gasteiger partial charge in [0, 0.05) is 39.1 Å². The summed E-state index contributed by atoms with van der Waals surface area (Å²) >= 11 is 1.25. The monoisotopic (exact) mass is 913 g/mol. The zero-order chi connectivity index (χ0) is 47.0. The molecule has 1 aliphatic heterocycles. The van der Waals surface area contributed by atoms with Crippen LogP contribution in [0.3, 0.4) is 0 Å². The molecule has 69 heavy (non-hydrogen) atoms. The van der Waals surface area contributed by atoms with Gasteiger partial charge >= 0.3 is 0 Å². The molecule has 6 nitrogen and oxygen atoms in total. The number of nitrogens with zero attached hydrogens (tertiary/aromatic N) is 5. The van der Waals surface area contributed by atoms with Gasteiger partial charge in [0.1, 0.15) is 11.0 Å². The molecule has 0 spiro atoms. The van der Waals surface area contributed by atoms with Crippen molar-refractivity contribution < 1.29 is 4.74 Å². The SMILES string of the molecule is CC(C)(C)c1ccc2c(c1)c1cc(C(C)(C)C)ccc1n2-c1ccc(-c2ccc(N(c3ccc(-c4ccccc4)cc3)c3ccc(N4c5ccccc5Oc5ccccc54)cc3)c3nsnc23)cc1. The second-order valence-corrected chi connectivity index (χ2v) is 20.6. The van der Waals surface area contributed by atoms with Gasteiger partial charge in [0.25, 0.3) is 0 Å². The van der Waals surface area contributed by atoms with E-state index in [4.69, 9.17) is 13.5 Å². The molecule has 12 rings (SSSR count). The maximum Gasteiger partial charge on any atom is 0.151 e. The lowest BCUT2D eigenvalue weighted by atomic mass is 9.85. The molecule has 11 aromatic rings. The maximum absolute atomic E-state index is 6.34. The van der Waals surface area contributed by atoms with Crippen molar-refractivity contribution in [2.75, 3.05) is 9.80 Å². The van der Waals surface area contributed by atoms with Gasteiger partial charge in [0.15, 0.2) is 11.5 Å². The van der Waals surface area contributed by atoms with E-state index in [-0.39, 0.29) is 10.8 Å². The van der Waals surface area contributed by atoms with Gasteiger partial charge in [-0.05, 0) is 148 Å². The van der Waals surface area contributed by atoms with Crippen LogP contribution in [0.4, 0.5) is 34.1 Å². The van der Waals surface area contributed by atoms with Gasteiger partial charge in [-0.25, -0.2) is 0 Å². The average Bonchev–Trinajstić information content (AvgIpc) is 4.00. The summed E-state index contributed by atoms with van der Waals surface area (Å²) in [7, 11) is 0. The molecule has 0 fully saturated rings. The van der Waals surface area contributed by atoms with Crippen molar-refractivity contribution in [3.05, 3.63) is 211 Å². The Morgan fingerprint density at radius 2 is 0.942 bits per heavy atom. The van der Waals surface area contributed by atoms with Crippen molar-refractivity contribution in [1.82, 2.24) is 13.3 Å². The first-order valence-corrected chi connectivity index (χ1v) is 24.4. The molecule has 0 aliphatic carbocycles. The van der Waals surface area contributed by atoms with E-state index in [1.54, 1.807) is 0 Å². The van der Waals surface area contributed by atoms with Gasteiger partial charge in [-0.15, -0.1) is 0 Å². The number of rotatable bonds is 7. The average molecular weight is 914 g/mol. The minimum atomic E-state index is 0.0378. The van der Waals surface area contributed by atoms with Gasteiger partial charge in [-0.1, -0.05) is 133 Å². The third kappa shape index (κ3) is 7.41. The number of fused-ring (bicyclic) bond motifs is 6. The Labute approximate surface area is 407 Å². The fourth-order valence-corrected chi connectivity index (χ4v) is 10.5. The fraction of sp³-hybridized carbons (Fsp3) is 0.129. The molecule has 0 bridgehead atoms. The van der Waals surface area contributed by atoms with Crippen molar-refractivity contribution in [3.63, 3.8) is 0 Å². The van der Waals surface area contributed by atoms with Gasteiger partial charge in [-0.3, -0.25) is 0 Å². The first kappa shape index (κ1) is 42.4. The number of benzene rings is 9. The summed E-state index contributed by atoms with van der Waals surface area (Å²) in [6.45, 7) is 13.7. The van der Waals surface area contributed by atoms with Crippen LogP contribution in [0.5, 0.6) is 11.5 Å². The van der Waals surface area contributed by atoms with Crippen LogP contribution in [-0.4, -0.2) is 13.3 Å². The number of aromatic nitrogens is 3. The van der Waals surface area contributed by atoms with E-state index in [0.717, 1.165) is 79.0 Å². The quantitative estimate of drug-likeness (QED) is 0.159. The summed E-state index contributed by atoms with van der Waals surface area (Å²) in [4.78, 5) is 4.57. The van der Waals surface area contributed by atoms with Gasteiger partial charge in [0.2, 0.25) is 0 Å². The molecule has 3 heterocycles. The Balaban J connectivity index is 0.945. The molecule has 2 aromatic heterocycles. The zero-order valence-electron chi connectivity index (χ0n) is 39.6. The predicted molar refractivity (Wildman–Crippen MR) is 289 cm³/mol. The Hall–Kier alpha value is -8.00. The summed E-state index contributed by atoms with van der Waals surface area (Å²) in [6.07, 6.45) is 0. The molecule has 0 saturated heterocycles. The smallest absolute Gasteiger partial charge is 0.151 e. The normalized spacial score (nSPS) is 12.6. The van der Waals surface area contributed by atoms with Gasteiger partial charge in [-0.2, -0.15) is 8.75 Å². The lowest BCUT2D eigenvalue weighted by molar-refractivity contribution is 0.477. The molecule has 9 aromatic carbocycles. The van der Waals surface area contributed by atoms with Crippen LogP contribution in [-0.2, 0) is 10.8 Å². The van der Waals surface area contributed by atoms with Crippen LogP contribution in [0.2, 0.25) is 0 Å². The predicted octanol–water partition coefficient (Wildman–Crippen LogP) is 17.8. The molecule has 7 heteroatoms. The van der Waals surface area contributed by atoms with E-state index in [0.29, 0.717) is 0 Å². The molecular weight excluding hydrogens is 863 g/mol. The lowest BCUT2D eigenvalue weighted by Gasteiger charge is -2.33. The molecule has 0 atom stereocenters. The fourth-order valence-electron chi connectivity index (χ4n) is 9.89. The highest BCUT2D eigenvalue weighted by Crippen LogP contribution is 2.51. The summed E-state index contributed by atoms with van der Waals surface area (Å²) in [5.74, 6) is 1.65. The molecule has 0 unspecified atom stereocenters. The number of para-hydroxylation sites is 4. The zero-order valence-corrected chi connectivity index (χ0v) is 40.4. The minimum Gasteiger partial charge on any atom is -0.453 e. The summed E-state index contributed by atoms with van der Waals surface area (Å²) in [6, 6.07) is 71.9. The van der Waals surface area contributed by atoms with Gasteiger partial charge in [0.05, 0.1) is 39.8 Å². The van der Waals surface area contributed by atoms with Gasteiger partial charge < -0.3 is 19.1 Å². The highest BCUT2D eigenvalue weighted by Gasteiger charge is 2.27. The van der Waals surface area contributed by atoms with Crippen molar-refractivity contribution >= 4 is 78.7 Å². The molecule has 1 aliphatic rings. The molecule has 0 saturated carbocycles. The first-order chi connectivity index (χ1) is 33.5. The van der Waals surface area contributed by atoms with Crippen LogP contribution < -0.4 is 14.5 Å². The number of hydrogen-bond acceptors (Lipinski definition) is 6. The van der Waals surface area contributed by atoms with Crippen LogP contribution in [0.25, 0.3) is 60.8 Å². The second-order valence-electron chi connectivity index (χ2n) is 20.1. The Morgan fingerprint density at radius 1 is 0.449 bits per heavy atom. The third-order valence-corrected chi connectivity index (χ3v) is 14.1. The van der Waals surface area contributed by atoms with E-state index in [9.17, 15) is 0 Å². The highest BCUT2D eigenvalue weighted by atomic mass is 32.1. The number of hydrogen-bond donors (Lipinski definition) is 0. The second kappa shape index (κ2) is 16.4. The summed E-state index contributed by atoms with van der Waals surface area (Å²) < 4.78 is 18.8. The van der Waals surface area contributed by atoms with Crippen LogP contribution in [0, 0.1) is 0 Å². The van der Waals surface area contributed by atoms with E-state index >= 15 is 0 Å². The Kier molecular flexibility index (Phi) is 10.0. The maximum atomic E-state index is 6.34. The molecule has 0 radical (unpaired) electrons. The van der Waals surface area contributed by atoms with Crippen LogP contribution >= 0.6 is 11.7 Å². The molecular formula is C62H51N5OS. The van der Waals surface area contributed by atoms with E-state index < -0.39 is 0 Å². The van der Waals surface area contributed by atoms with E-state index in [2.05, 4.69) is 232 Å². The number of ether oxygens (including phenoxy) is 1. The van der Waals surface area contributed by atoms with Crippen molar-refractivity contribution in [2.45, 2.75) is 52.4 Å². The molecule has 0 N–H and O–H groups in total. The van der Waals surface area contributed by atoms with Crippen molar-refractivity contribution in [2.24, 2.45) is 0 Å². The van der Waals surface area contributed by atoms with Crippen molar-refractivity contribution in [3.8, 4) is 39.4 Å². The van der Waals surface area contributed by atoms with E-state index in [1.807, 2.05) is 24.3 Å². The Bertz CT molecular complexity index is 3590. The first-order valence-electron chi connectivity index (χ1n) is 23.6. The standard InChI is InChI=1S/C62H51N5OS/c1-61(2,3)43-24-35-52-50(38-43)51-39-44(62(4,5)6)25-36-53(51)66(52)47-28-22-42(23-29-47)49-34-37-56(60-59(49)63-69-64-60)65(45-26-20-41(21-27-45)40-14-8-7-9-15-40)46-30-32-48(33-31-46)67-54-16-10-12-18-57(54)68-58-19-13-11-17-55(58)67/h7-39H,1-6H3. The van der Waals surface area contributed by atoms with Crippen LogP contribution in [0.1, 0.15) is 52.7 Å². The summed E-state index contributed by atoms with van der Waals surface area (Å²) in [5, 5.41) is 2.56. The highest BCUT2D eigenvalue weighted by molar-refractivity contribution is 7.00. The lowest BCUT2D eigenvalue weighted by Crippen LogP contribution is -2.16. The van der Waals surface area contributed by atoms with E-state index in [1.165, 1.54) is 50.2 Å². The van der Waals surface area contributed by atoms with Crippen LogP contribution in [0.15, 0.2) is 200 Å². The van der Waals surface area contributed by atoms with Crippen molar-refractivity contribution in [1.29, 1.82) is 0 Å². The molecule has 0 amide bonds. The minimum absolute atomic E-state index is 0.0378. The molecule has 336 valence electrons. The third-order valence-electron chi connectivity index (χ3n) is 13.6. The topological polar surface area (TPSA) is 46.4 Å². The number of anilines is 6. The summed E-state index contributed by atoms with van der Waals surface area (Å²) in [5.41, 5.74) is 18.5.